The van der Waals surface area contributed by atoms with Crippen LogP contribution < -0.4 is 5.32 Å². The summed E-state index contributed by atoms with van der Waals surface area (Å²) >= 11 is 0. The zero-order valence-corrected chi connectivity index (χ0v) is 8.53. The lowest BCUT2D eigenvalue weighted by molar-refractivity contribution is 0.488. The monoisotopic (exact) mass is 181 g/mol. The second kappa shape index (κ2) is 5.75. The third-order valence-electron chi connectivity index (χ3n) is 2.18. The van der Waals surface area contributed by atoms with E-state index in [2.05, 4.69) is 28.7 Å². The predicted octanol–water partition coefficient (Wildman–Crippen LogP) is 1.83. The maximum Gasteiger partial charge on any atom is 0.0948 e. The third kappa shape index (κ3) is 3.59. The van der Waals surface area contributed by atoms with Crippen LogP contribution >= 0.6 is 0 Å². The Balaban J connectivity index is 2.15. The zero-order valence-electron chi connectivity index (χ0n) is 8.53. The van der Waals surface area contributed by atoms with Crippen LogP contribution in [-0.2, 0) is 0 Å². The van der Waals surface area contributed by atoms with Crippen LogP contribution in [-0.4, -0.2) is 22.6 Å². The molecule has 0 aliphatic carbocycles. The lowest BCUT2D eigenvalue weighted by Crippen LogP contribution is -2.23. The summed E-state index contributed by atoms with van der Waals surface area (Å²) in [6.45, 7) is 6.55. The highest BCUT2D eigenvalue weighted by Gasteiger charge is 2.01. The molecule has 1 aromatic heterocycles. The van der Waals surface area contributed by atoms with Crippen LogP contribution in [0.4, 0.5) is 0 Å². The van der Waals surface area contributed by atoms with E-state index in [1.54, 1.807) is 0 Å². The van der Waals surface area contributed by atoms with Crippen LogP contribution in [0, 0.1) is 0 Å². The van der Waals surface area contributed by atoms with Crippen molar-refractivity contribution in [3.63, 3.8) is 0 Å². The molecule has 1 heterocycles. The van der Waals surface area contributed by atoms with Crippen molar-refractivity contribution in [3.05, 3.63) is 18.7 Å². The Bertz CT molecular complexity index is 206. The summed E-state index contributed by atoms with van der Waals surface area (Å²) < 4.78 is 2.12. The molecule has 0 bridgehead atoms. The van der Waals surface area contributed by atoms with E-state index < -0.39 is 0 Å². The molecule has 1 unspecified atom stereocenters. The smallest absolute Gasteiger partial charge is 0.0948 e. The van der Waals surface area contributed by atoms with Gasteiger partial charge in [0, 0.05) is 25.0 Å². The van der Waals surface area contributed by atoms with Crippen molar-refractivity contribution in [2.75, 3.05) is 13.1 Å². The van der Waals surface area contributed by atoms with E-state index in [9.17, 15) is 0 Å². The SMILES string of the molecule is CCCCNCC(C)n1ccnc1. The minimum Gasteiger partial charge on any atom is -0.333 e. The predicted molar refractivity (Wildman–Crippen MR) is 54.7 cm³/mol. The number of nitrogens with zero attached hydrogens (tertiary/aromatic N) is 2. The molecule has 0 radical (unpaired) electrons. The summed E-state index contributed by atoms with van der Waals surface area (Å²) in [4.78, 5) is 4.02. The van der Waals surface area contributed by atoms with E-state index in [-0.39, 0.29) is 0 Å². The lowest BCUT2D eigenvalue weighted by Gasteiger charge is -2.13. The van der Waals surface area contributed by atoms with E-state index in [0.29, 0.717) is 6.04 Å². The van der Waals surface area contributed by atoms with Crippen LogP contribution in [0.2, 0.25) is 0 Å². The van der Waals surface area contributed by atoms with Crippen molar-refractivity contribution in [2.24, 2.45) is 0 Å². The van der Waals surface area contributed by atoms with E-state index >= 15 is 0 Å². The van der Waals surface area contributed by atoms with E-state index in [0.717, 1.165) is 13.1 Å². The summed E-state index contributed by atoms with van der Waals surface area (Å²) in [6.07, 6.45) is 8.21. The maximum absolute atomic E-state index is 4.02. The first kappa shape index (κ1) is 10.3. The van der Waals surface area contributed by atoms with Gasteiger partial charge >= 0.3 is 0 Å². The van der Waals surface area contributed by atoms with Crippen LogP contribution in [0.5, 0.6) is 0 Å². The van der Waals surface area contributed by atoms with Gasteiger partial charge < -0.3 is 9.88 Å². The minimum absolute atomic E-state index is 0.499. The Morgan fingerprint density at radius 1 is 1.54 bits per heavy atom. The molecule has 0 fully saturated rings. The molecule has 0 aliphatic heterocycles. The molecule has 0 aromatic carbocycles. The molecule has 0 amide bonds. The standard InChI is InChI=1S/C10H19N3/c1-3-4-5-11-8-10(2)13-7-6-12-9-13/h6-7,9-11H,3-5,8H2,1-2H3. The molecule has 1 N–H and O–H groups in total. The van der Waals surface area contributed by atoms with Gasteiger partial charge in [-0.1, -0.05) is 13.3 Å². The summed E-state index contributed by atoms with van der Waals surface area (Å²) in [5.74, 6) is 0. The fourth-order valence-corrected chi connectivity index (χ4v) is 1.25. The van der Waals surface area contributed by atoms with E-state index in [4.69, 9.17) is 0 Å². The molecule has 3 nitrogen and oxygen atoms in total. The van der Waals surface area contributed by atoms with Gasteiger partial charge in [0.15, 0.2) is 0 Å². The molecule has 13 heavy (non-hydrogen) atoms. The van der Waals surface area contributed by atoms with Crippen LogP contribution in [0.3, 0.4) is 0 Å². The number of imidazole rings is 1. The lowest BCUT2D eigenvalue weighted by atomic mass is 10.3. The van der Waals surface area contributed by atoms with E-state index in [1.807, 2.05) is 18.7 Å². The van der Waals surface area contributed by atoms with Crippen LogP contribution in [0.1, 0.15) is 32.7 Å². The molecule has 74 valence electrons. The molecule has 0 spiro atoms. The quantitative estimate of drug-likeness (QED) is 0.679. The summed E-state index contributed by atoms with van der Waals surface area (Å²) in [6, 6.07) is 0.499. The van der Waals surface area contributed by atoms with Crippen molar-refractivity contribution in [1.29, 1.82) is 0 Å². The molecule has 3 heteroatoms. The minimum atomic E-state index is 0.499. The second-order valence-electron chi connectivity index (χ2n) is 3.42. The molecular formula is C10H19N3. The Kier molecular flexibility index (Phi) is 4.54. The second-order valence-corrected chi connectivity index (χ2v) is 3.42. The highest BCUT2D eigenvalue weighted by atomic mass is 15.1. The molecule has 0 saturated heterocycles. The number of unbranched alkanes of at least 4 members (excludes halogenated alkanes) is 1. The van der Waals surface area contributed by atoms with Gasteiger partial charge in [-0.3, -0.25) is 0 Å². The first-order valence-electron chi connectivity index (χ1n) is 5.02. The van der Waals surface area contributed by atoms with Crippen molar-refractivity contribution >= 4 is 0 Å². The molecular weight excluding hydrogens is 162 g/mol. The molecule has 1 atom stereocenters. The van der Waals surface area contributed by atoms with Crippen LogP contribution in [0.25, 0.3) is 0 Å². The summed E-state index contributed by atoms with van der Waals surface area (Å²) in [5.41, 5.74) is 0. The van der Waals surface area contributed by atoms with Gasteiger partial charge in [0.2, 0.25) is 0 Å². The largest absolute Gasteiger partial charge is 0.333 e. The number of hydrogen-bond acceptors (Lipinski definition) is 2. The van der Waals surface area contributed by atoms with Crippen molar-refractivity contribution in [3.8, 4) is 0 Å². The molecule has 1 rings (SSSR count). The number of hydrogen-bond donors (Lipinski definition) is 1. The maximum atomic E-state index is 4.02. The fourth-order valence-electron chi connectivity index (χ4n) is 1.25. The van der Waals surface area contributed by atoms with Crippen molar-refractivity contribution in [2.45, 2.75) is 32.7 Å². The highest BCUT2D eigenvalue weighted by Crippen LogP contribution is 2.01. The van der Waals surface area contributed by atoms with Gasteiger partial charge in [-0.2, -0.15) is 0 Å². The van der Waals surface area contributed by atoms with Crippen molar-refractivity contribution < 1.29 is 0 Å². The Morgan fingerprint density at radius 2 is 2.38 bits per heavy atom. The van der Waals surface area contributed by atoms with E-state index in [1.165, 1.54) is 12.8 Å². The van der Waals surface area contributed by atoms with Gasteiger partial charge in [0.1, 0.15) is 0 Å². The molecule has 1 aromatic rings. The molecule has 0 aliphatic rings. The van der Waals surface area contributed by atoms with Gasteiger partial charge in [0.05, 0.1) is 6.33 Å². The summed E-state index contributed by atoms with van der Waals surface area (Å²) in [7, 11) is 0. The van der Waals surface area contributed by atoms with Gasteiger partial charge in [-0.25, -0.2) is 4.98 Å². The third-order valence-corrected chi connectivity index (χ3v) is 2.18. The average Bonchev–Trinajstić information content (AvgIpc) is 2.65. The average molecular weight is 181 g/mol. The Labute approximate surface area is 80.2 Å². The zero-order chi connectivity index (χ0) is 9.52. The Hall–Kier alpha value is -0.830. The van der Waals surface area contributed by atoms with Gasteiger partial charge in [-0.15, -0.1) is 0 Å². The molecule has 0 saturated carbocycles. The first-order chi connectivity index (χ1) is 6.34. The van der Waals surface area contributed by atoms with Crippen LogP contribution in [0.15, 0.2) is 18.7 Å². The summed E-state index contributed by atoms with van der Waals surface area (Å²) in [5, 5.41) is 3.43. The number of rotatable bonds is 6. The van der Waals surface area contributed by atoms with Gasteiger partial charge in [0.25, 0.3) is 0 Å². The fraction of sp³-hybridized carbons (Fsp3) is 0.700. The normalized spacial score (nSPS) is 13.1. The van der Waals surface area contributed by atoms with Gasteiger partial charge in [-0.05, 0) is 19.9 Å². The van der Waals surface area contributed by atoms with Crippen molar-refractivity contribution in [1.82, 2.24) is 14.9 Å². The Morgan fingerprint density at radius 3 is 3.00 bits per heavy atom. The first-order valence-corrected chi connectivity index (χ1v) is 5.02. The number of nitrogens with one attached hydrogen (secondary N) is 1. The number of aromatic nitrogens is 2. The highest BCUT2D eigenvalue weighted by molar-refractivity contribution is 4.79. The topological polar surface area (TPSA) is 29.9 Å².